The maximum atomic E-state index is 14.2. The maximum absolute atomic E-state index is 14.2. The molecule has 4 atom stereocenters. The minimum atomic E-state index is -4.69. The number of imide groups is 1. The fourth-order valence-corrected chi connectivity index (χ4v) is 6.01. The molecule has 2 heterocycles. The van der Waals surface area contributed by atoms with E-state index in [2.05, 4.69) is 27.8 Å². The van der Waals surface area contributed by atoms with Crippen molar-refractivity contribution in [3.63, 3.8) is 0 Å². The quantitative estimate of drug-likeness (QED) is 0.120. The number of nitrogens with two attached hydrogens (primary N) is 1. The molecule has 2 aromatic carbocycles. The van der Waals surface area contributed by atoms with E-state index >= 15 is 0 Å². The summed E-state index contributed by atoms with van der Waals surface area (Å²) in [7, 11) is 1.20. The van der Waals surface area contributed by atoms with Gasteiger partial charge in [-0.25, -0.2) is 19.2 Å². The predicted octanol–water partition coefficient (Wildman–Crippen LogP) is 6.73. The highest BCUT2D eigenvalue weighted by Gasteiger charge is 2.36. The topological polar surface area (TPSA) is 166 Å². The molecule has 0 spiro atoms. The molecule has 0 unspecified atom stereocenters. The van der Waals surface area contributed by atoms with Gasteiger partial charge in [-0.1, -0.05) is 49.7 Å². The lowest BCUT2D eigenvalue weighted by Gasteiger charge is -2.35. The van der Waals surface area contributed by atoms with Gasteiger partial charge < -0.3 is 25.4 Å². The second-order valence-corrected chi connectivity index (χ2v) is 14.8. The number of halogens is 5. The number of alkyl halides is 3. The van der Waals surface area contributed by atoms with Crippen LogP contribution in [0.3, 0.4) is 0 Å². The summed E-state index contributed by atoms with van der Waals surface area (Å²) in [4.78, 5) is 73.2. The third-order valence-corrected chi connectivity index (χ3v) is 9.73. The van der Waals surface area contributed by atoms with Crippen molar-refractivity contribution in [1.29, 1.82) is 0 Å². The second kappa shape index (κ2) is 18.5. The van der Waals surface area contributed by atoms with Gasteiger partial charge in [-0.3, -0.25) is 19.2 Å². The zero-order chi connectivity index (χ0) is 41.1. The van der Waals surface area contributed by atoms with Crippen LogP contribution in [0.25, 0.3) is 5.69 Å². The number of anilines is 1. The number of rotatable bonds is 11. The van der Waals surface area contributed by atoms with Crippen LogP contribution >= 0.6 is 28.3 Å². The van der Waals surface area contributed by atoms with E-state index < -0.39 is 65.5 Å². The molecule has 0 radical (unpaired) electrons. The number of nitrogens with one attached hydrogen (secondary N) is 1. The van der Waals surface area contributed by atoms with E-state index in [-0.39, 0.29) is 64.6 Å². The van der Waals surface area contributed by atoms with Crippen LogP contribution in [0.4, 0.5) is 23.9 Å². The number of aromatic nitrogens is 2. The minimum absolute atomic E-state index is 0. The van der Waals surface area contributed by atoms with Gasteiger partial charge >= 0.3 is 18.2 Å². The molecule has 18 heteroatoms. The summed E-state index contributed by atoms with van der Waals surface area (Å²) in [6.07, 6.45) is -5.41. The second-order valence-electron chi connectivity index (χ2n) is 14.0. The highest BCUT2D eigenvalue weighted by Crippen LogP contribution is 2.36. The number of hydrogen-bond acceptors (Lipinski definition) is 10. The molecule has 1 aliphatic heterocycles. The van der Waals surface area contributed by atoms with E-state index in [1.807, 2.05) is 0 Å². The van der Waals surface area contributed by atoms with Crippen molar-refractivity contribution in [1.82, 2.24) is 19.4 Å². The van der Waals surface area contributed by atoms with E-state index in [0.717, 1.165) is 11.0 Å². The van der Waals surface area contributed by atoms with Gasteiger partial charge in [0.25, 0.3) is 23.7 Å². The number of nitrogens with zero attached hydrogens (tertiary/aromatic N) is 4. The summed E-state index contributed by atoms with van der Waals surface area (Å²) in [5, 5.41) is 3.11. The molecule has 0 aliphatic carbocycles. The van der Waals surface area contributed by atoms with E-state index in [4.69, 9.17) is 20.2 Å². The van der Waals surface area contributed by atoms with E-state index in [1.165, 1.54) is 52.9 Å². The molecule has 304 valence electrons. The molecule has 0 saturated carbocycles. The van der Waals surface area contributed by atoms with Gasteiger partial charge in [0, 0.05) is 46.2 Å². The largest absolute Gasteiger partial charge is 0.424 e. The molecule has 0 saturated heterocycles. The highest BCUT2D eigenvalue weighted by atomic mass is 79.9. The first kappa shape index (κ1) is 45.6. The maximum Gasteiger partial charge on any atom is 0.419 e. The van der Waals surface area contributed by atoms with Gasteiger partial charge in [0.1, 0.15) is 6.04 Å². The summed E-state index contributed by atoms with van der Waals surface area (Å²) in [6.45, 7) is 13.9. The Labute approximate surface area is 336 Å². The SMILES string of the molecule is C=C[C@H](C)Nc1nc2c(c(=O)n1-c1ccc(C(=O)N(C)C(=O)O[C@H](OC(=O)[C@@H](N)C(C)C)C(C)C)cc1)C[C@@H](C)N(C(=O)c1ccc(Br)c(C(F)(F)F)c1)C2.Cl. The van der Waals surface area contributed by atoms with E-state index in [0.29, 0.717) is 11.3 Å². The van der Waals surface area contributed by atoms with Crippen molar-refractivity contribution in [2.75, 3.05) is 12.4 Å². The lowest BCUT2D eigenvalue weighted by molar-refractivity contribution is -0.178. The minimum Gasteiger partial charge on any atom is -0.424 e. The fourth-order valence-electron chi connectivity index (χ4n) is 5.54. The number of fused-ring (bicyclic) bond motifs is 1. The number of ether oxygens (including phenoxy) is 2. The van der Waals surface area contributed by atoms with Crippen molar-refractivity contribution in [2.24, 2.45) is 17.6 Å². The van der Waals surface area contributed by atoms with Gasteiger partial charge in [-0.15, -0.1) is 19.0 Å². The normalized spacial score (nSPS) is 15.5. The molecular formula is C38H45BrClF3N6O7. The lowest BCUT2D eigenvalue weighted by Crippen LogP contribution is -2.46. The van der Waals surface area contributed by atoms with Crippen molar-refractivity contribution >= 4 is 58.2 Å². The molecular weight excluding hydrogens is 825 g/mol. The zero-order valence-corrected chi connectivity index (χ0v) is 34.3. The average Bonchev–Trinajstić information content (AvgIpc) is 3.13. The molecule has 13 nitrogen and oxygen atoms in total. The predicted molar refractivity (Wildman–Crippen MR) is 209 cm³/mol. The number of amides is 3. The Morgan fingerprint density at radius 3 is 2.20 bits per heavy atom. The first-order valence-electron chi connectivity index (χ1n) is 17.4. The number of benzene rings is 2. The summed E-state index contributed by atoms with van der Waals surface area (Å²) < 4.78 is 52.6. The van der Waals surface area contributed by atoms with E-state index in [9.17, 15) is 37.1 Å². The first-order chi connectivity index (χ1) is 25.7. The van der Waals surface area contributed by atoms with Crippen LogP contribution in [0.5, 0.6) is 0 Å². The molecule has 1 aliphatic rings. The number of esters is 1. The third-order valence-electron chi connectivity index (χ3n) is 9.04. The monoisotopic (exact) mass is 868 g/mol. The molecule has 0 bridgehead atoms. The number of hydrogen-bond donors (Lipinski definition) is 2. The van der Waals surface area contributed by atoms with Crippen LogP contribution in [-0.4, -0.2) is 74.7 Å². The van der Waals surface area contributed by atoms with Crippen molar-refractivity contribution in [3.05, 3.63) is 97.9 Å². The Balaban J connectivity index is 0.00000841. The molecule has 56 heavy (non-hydrogen) atoms. The molecule has 3 amide bonds. The summed E-state index contributed by atoms with van der Waals surface area (Å²) in [5.41, 5.74) is 5.20. The summed E-state index contributed by atoms with van der Waals surface area (Å²) in [6, 6.07) is 7.17. The van der Waals surface area contributed by atoms with Crippen LogP contribution in [0.1, 0.15) is 79.1 Å². The Kier molecular flexibility index (Phi) is 15.1. The van der Waals surface area contributed by atoms with Crippen LogP contribution in [0.2, 0.25) is 0 Å². The van der Waals surface area contributed by atoms with Crippen LogP contribution in [0, 0.1) is 11.8 Å². The Bertz CT molecular complexity index is 2030. The average molecular weight is 870 g/mol. The van der Waals surface area contributed by atoms with Crippen molar-refractivity contribution in [3.8, 4) is 5.69 Å². The molecule has 0 fully saturated rings. The van der Waals surface area contributed by atoms with Gasteiger partial charge in [-0.05, 0) is 68.7 Å². The van der Waals surface area contributed by atoms with Crippen LogP contribution in [0.15, 0.2) is 64.4 Å². The van der Waals surface area contributed by atoms with E-state index in [1.54, 1.807) is 47.6 Å². The molecule has 4 rings (SSSR count). The summed E-state index contributed by atoms with van der Waals surface area (Å²) >= 11 is 2.90. The first-order valence-corrected chi connectivity index (χ1v) is 18.2. The third kappa shape index (κ3) is 10.2. The fraction of sp³-hybridized carbons (Fsp3) is 0.421. The Morgan fingerprint density at radius 2 is 1.64 bits per heavy atom. The van der Waals surface area contributed by atoms with Crippen LogP contribution in [-0.2, 0) is 33.4 Å². The zero-order valence-electron chi connectivity index (χ0n) is 31.8. The van der Waals surface area contributed by atoms with Crippen molar-refractivity contribution in [2.45, 2.75) is 85.1 Å². The smallest absolute Gasteiger partial charge is 0.419 e. The Morgan fingerprint density at radius 1 is 1.04 bits per heavy atom. The van der Waals surface area contributed by atoms with Gasteiger partial charge in [0.05, 0.1) is 23.5 Å². The number of carbonyl (C=O) groups is 4. The molecule has 1 aromatic heterocycles. The number of carbonyl (C=O) groups excluding carboxylic acids is 4. The van der Waals surface area contributed by atoms with Crippen molar-refractivity contribution < 1.29 is 41.8 Å². The highest BCUT2D eigenvalue weighted by molar-refractivity contribution is 9.10. The molecule has 3 aromatic rings. The van der Waals surface area contributed by atoms with Crippen LogP contribution < -0.4 is 16.6 Å². The molecule has 3 N–H and O–H groups in total. The lowest BCUT2D eigenvalue weighted by atomic mass is 9.98. The van der Waals surface area contributed by atoms with Gasteiger partial charge in [-0.2, -0.15) is 13.2 Å². The Hall–Kier alpha value is -4.74. The van der Waals surface area contributed by atoms with Gasteiger partial charge in [0.15, 0.2) is 0 Å². The summed E-state index contributed by atoms with van der Waals surface area (Å²) in [5.74, 6) is -2.73. The standard InChI is InChI=1S/C38H44BrF3N6O7.ClH/c1-9-21(6)44-36-45-29-18-47(32(50)24-12-15-28(39)27(17-24)38(40,41)42)22(7)16-26(29)33(51)48(36)25-13-10-23(11-14-25)31(49)46(8)37(53)55-35(20(4)5)54-34(52)30(43)19(2)3;/h9-15,17,19-22,30,35H,1,16,18,43H2,2-8H3,(H,44,45);1H/t21-,22+,30-,35-;/m0./s1. The van der Waals surface area contributed by atoms with Gasteiger partial charge in [0.2, 0.25) is 5.95 Å².